The van der Waals surface area contributed by atoms with E-state index in [2.05, 4.69) is 20.5 Å². The first-order valence-electron chi connectivity index (χ1n) is 11.1. The van der Waals surface area contributed by atoms with Crippen LogP contribution in [0.4, 0.5) is 26.4 Å². The lowest BCUT2D eigenvalue weighted by Crippen LogP contribution is -2.35. The molecule has 0 bridgehead atoms. The van der Waals surface area contributed by atoms with Crippen LogP contribution in [-0.4, -0.2) is 48.0 Å². The first-order chi connectivity index (χ1) is 16.8. The maximum absolute atomic E-state index is 13.7. The summed E-state index contributed by atoms with van der Waals surface area (Å²) >= 11 is 12.2. The lowest BCUT2D eigenvalue weighted by atomic mass is 10.2. The summed E-state index contributed by atoms with van der Waals surface area (Å²) in [7, 11) is 0. The average Bonchev–Trinajstić information content (AvgIpc) is 3.08. The highest BCUT2D eigenvalue weighted by molar-refractivity contribution is 6.36. The number of hydrogen-bond acceptors (Lipinski definition) is 4. The molecule has 182 valence electrons. The first kappa shape index (κ1) is 24.8. The second-order valence-electron chi connectivity index (χ2n) is 8.21. The second-order valence-corrected chi connectivity index (χ2v) is 9.05. The van der Waals surface area contributed by atoms with Gasteiger partial charge in [0.25, 0.3) is 5.91 Å². The first-order valence-corrected chi connectivity index (χ1v) is 11.9. The third kappa shape index (κ3) is 6.21. The number of anilines is 3. The highest BCUT2D eigenvalue weighted by atomic mass is 35.5. The molecule has 4 rings (SSSR count). The normalized spacial score (nSPS) is 13.8. The van der Waals surface area contributed by atoms with Gasteiger partial charge in [-0.3, -0.25) is 4.79 Å². The zero-order chi connectivity index (χ0) is 24.9. The number of aromatic nitrogens is 1. The molecule has 0 atom stereocenters. The van der Waals surface area contributed by atoms with Gasteiger partial charge in [-0.2, -0.15) is 0 Å². The van der Waals surface area contributed by atoms with Crippen LogP contribution in [0.3, 0.4) is 0 Å². The highest BCUT2D eigenvalue weighted by Gasteiger charge is 2.22. The summed E-state index contributed by atoms with van der Waals surface area (Å²) in [6, 6.07) is 12.4. The molecule has 1 aliphatic rings. The Labute approximate surface area is 212 Å². The van der Waals surface area contributed by atoms with E-state index < -0.39 is 6.03 Å². The smallest absolute Gasteiger partial charge is 0.323 e. The molecule has 1 aliphatic heterocycles. The van der Waals surface area contributed by atoms with E-state index in [-0.39, 0.29) is 11.7 Å². The number of rotatable bonds is 4. The minimum Gasteiger partial charge on any atom is -0.355 e. The molecule has 0 radical (unpaired) electrons. The summed E-state index contributed by atoms with van der Waals surface area (Å²) in [5.41, 5.74) is 1.80. The van der Waals surface area contributed by atoms with Crippen molar-refractivity contribution in [2.45, 2.75) is 13.3 Å². The van der Waals surface area contributed by atoms with E-state index in [1.165, 1.54) is 6.07 Å². The van der Waals surface area contributed by atoms with Crippen LogP contribution in [0.1, 0.15) is 22.3 Å². The number of carbonyl (C=O) groups excluding carboxylic acids is 2. The summed E-state index contributed by atoms with van der Waals surface area (Å²) in [6.07, 6.45) is 2.33. The van der Waals surface area contributed by atoms with Crippen LogP contribution < -0.4 is 15.5 Å². The molecule has 0 saturated carbocycles. The summed E-state index contributed by atoms with van der Waals surface area (Å²) in [5, 5.41) is 6.11. The highest BCUT2D eigenvalue weighted by Crippen LogP contribution is 2.24. The Kier molecular flexibility index (Phi) is 7.73. The number of urea groups is 1. The number of nitrogens with zero attached hydrogens (tertiary/aromatic N) is 3. The van der Waals surface area contributed by atoms with Gasteiger partial charge in [-0.25, -0.2) is 14.2 Å². The Balaban J connectivity index is 1.34. The predicted octanol–water partition coefficient (Wildman–Crippen LogP) is 5.83. The molecule has 1 aromatic heterocycles. The van der Waals surface area contributed by atoms with Crippen molar-refractivity contribution >= 4 is 52.3 Å². The van der Waals surface area contributed by atoms with Crippen LogP contribution in [0.25, 0.3) is 0 Å². The number of pyridine rings is 1. The Hall–Kier alpha value is -3.36. The molecule has 2 N–H and O–H groups in total. The van der Waals surface area contributed by atoms with Crippen molar-refractivity contribution < 1.29 is 14.0 Å². The fraction of sp³-hybridized carbons (Fsp3) is 0.240. The van der Waals surface area contributed by atoms with Crippen molar-refractivity contribution in [2.24, 2.45) is 0 Å². The Morgan fingerprint density at radius 1 is 0.943 bits per heavy atom. The molecule has 3 aromatic rings. The summed E-state index contributed by atoms with van der Waals surface area (Å²) < 4.78 is 13.7. The molecule has 1 fully saturated rings. The minimum absolute atomic E-state index is 0.125. The maximum Gasteiger partial charge on any atom is 0.323 e. The standard InChI is InChI=1S/C25H24Cl2FN5O2/c1-16-3-5-18(14-22(16)28)30-25(35)31-19-6-8-23(29-15-19)32-9-2-10-33(12-11-32)24(34)20-7-4-17(26)13-21(20)27/h3-8,13-15H,2,9-12H2,1H3,(H2,30,31,35). The molecule has 35 heavy (non-hydrogen) atoms. The van der Waals surface area contributed by atoms with Crippen LogP contribution in [0.15, 0.2) is 54.7 Å². The van der Waals surface area contributed by atoms with Gasteiger partial charge in [-0.05, 0) is 61.4 Å². The molecule has 0 spiro atoms. The molecule has 2 aromatic carbocycles. The van der Waals surface area contributed by atoms with Crippen molar-refractivity contribution in [3.05, 3.63) is 81.7 Å². The van der Waals surface area contributed by atoms with Crippen molar-refractivity contribution in [2.75, 3.05) is 41.7 Å². The lowest BCUT2D eigenvalue weighted by Gasteiger charge is -2.23. The van der Waals surface area contributed by atoms with Gasteiger partial charge in [-0.15, -0.1) is 0 Å². The summed E-state index contributed by atoms with van der Waals surface area (Å²) in [5.74, 6) is 0.235. The van der Waals surface area contributed by atoms with Crippen LogP contribution in [0.2, 0.25) is 10.0 Å². The third-order valence-electron chi connectivity index (χ3n) is 5.70. The van der Waals surface area contributed by atoms with Gasteiger partial charge in [-0.1, -0.05) is 29.3 Å². The number of nitrogens with one attached hydrogen (secondary N) is 2. The molecule has 10 heteroatoms. The monoisotopic (exact) mass is 515 g/mol. The second kappa shape index (κ2) is 10.9. The molecule has 2 heterocycles. The fourth-order valence-electron chi connectivity index (χ4n) is 3.79. The Morgan fingerprint density at radius 2 is 1.71 bits per heavy atom. The van der Waals surface area contributed by atoms with Crippen LogP contribution in [0.5, 0.6) is 0 Å². The molecule has 7 nitrogen and oxygen atoms in total. The van der Waals surface area contributed by atoms with E-state index in [1.54, 1.807) is 54.4 Å². The zero-order valence-electron chi connectivity index (χ0n) is 19.0. The van der Waals surface area contributed by atoms with Crippen LogP contribution in [-0.2, 0) is 0 Å². The van der Waals surface area contributed by atoms with Gasteiger partial charge in [0, 0.05) is 36.9 Å². The number of amides is 3. The topological polar surface area (TPSA) is 77.6 Å². The van der Waals surface area contributed by atoms with Crippen molar-refractivity contribution in [3.8, 4) is 0 Å². The number of aryl methyl sites for hydroxylation is 1. The Morgan fingerprint density at radius 3 is 2.43 bits per heavy atom. The van der Waals surface area contributed by atoms with E-state index in [0.717, 1.165) is 18.8 Å². The van der Waals surface area contributed by atoms with Crippen LogP contribution in [0, 0.1) is 12.7 Å². The summed E-state index contributed by atoms with van der Waals surface area (Å²) in [6.45, 7) is 4.12. The quantitative estimate of drug-likeness (QED) is 0.458. The van der Waals surface area contributed by atoms with Crippen molar-refractivity contribution in [1.82, 2.24) is 9.88 Å². The zero-order valence-corrected chi connectivity index (χ0v) is 20.5. The molecular formula is C25H24Cl2FN5O2. The van der Waals surface area contributed by atoms with E-state index in [1.807, 2.05) is 6.07 Å². The minimum atomic E-state index is -0.493. The lowest BCUT2D eigenvalue weighted by molar-refractivity contribution is 0.0767. The van der Waals surface area contributed by atoms with Crippen molar-refractivity contribution in [1.29, 1.82) is 0 Å². The van der Waals surface area contributed by atoms with E-state index in [0.29, 0.717) is 52.2 Å². The maximum atomic E-state index is 13.7. The van der Waals surface area contributed by atoms with Gasteiger partial charge < -0.3 is 20.4 Å². The third-order valence-corrected chi connectivity index (χ3v) is 6.25. The van der Waals surface area contributed by atoms with E-state index in [4.69, 9.17) is 23.2 Å². The van der Waals surface area contributed by atoms with Gasteiger partial charge in [0.2, 0.25) is 0 Å². The molecule has 0 aliphatic carbocycles. The number of carbonyl (C=O) groups is 2. The molecular weight excluding hydrogens is 492 g/mol. The van der Waals surface area contributed by atoms with Gasteiger partial charge in [0.05, 0.1) is 22.5 Å². The molecule has 3 amide bonds. The van der Waals surface area contributed by atoms with Gasteiger partial charge >= 0.3 is 6.03 Å². The van der Waals surface area contributed by atoms with E-state index >= 15 is 0 Å². The Bertz CT molecular complexity index is 1240. The molecule has 1 saturated heterocycles. The van der Waals surface area contributed by atoms with Gasteiger partial charge in [0.1, 0.15) is 11.6 Å². The van der Waals surface area contributed by atoms with E-state index in [9.17, 15) is 14.0 Å². The number of halogens is 3. The van der Waals surface area contributed by atoms with Gasteiger partial charge in [0.15, 0.2) is 0 Å². The van der Waals surface area contributed by atoms with Crippen LogP contribution >= 0.6 is 23.2 Å². The summed E-state index contributed by atoms with van der Waals surface area (Å²) in [4.78, 5) is 33.5. The fourth-order valence-corrected chi connectivity index (χ4v) is 4.28. The average molecular weight is 516 g/mol. The number of hydrogen-bond donors (Lipinski definition) is 2. The predicted molar refractivity (Wildman–Crippen MR) is 137 cm³/mol. The molecule has 0 unspecified atom stereocenters. The SMILES string of the molecule is Cc1ccc(NC(=O)Nc2ccc(N3CCCN(C(=O)c4ccc(Cl)cc4Cl)CC3)nc2)cc1F. The number of benzene rings is 2. The largest absolute Gasteiger partial charge is 0.355 e. The van der Waals surface area contributed by atoms with Crippen molar-refractivity contribution in [3.63, 3.8) is 0 Å².